The SMILES string of the molecule is COc1ccccc1CN(C)CC(=O)Nc1c(C)nn(-c2ccc(C)cc2)c1C. The van der Waals surface area contributed by atoms with Crippen LogP contribution in [0.25, 0.3) is 5.69 Å². The molecule has 0 aliphatic heterocycles. The van der Waals surface area contributed by atoms with Crippen LogP contribution < -0.4 is 10.1 Å². The minimum absolute atomic E-state index is 0.0722. The zero-order valence-electron chi connectivity index (χ0n) is 17.7. The summed E-state index contributed by atoms with van der Waals surface area (Å²) >= 11 is 0. The Kier molecular flexibility index (Phi) is 6.34. The highest BCUT2D eigenvalue weighted by Gasteiger charge is 2.16. The predicted molar refractivity (Wildman–Crippen MR) is 116 cm³/mol. The van der Waals surface area contributed by atoms with Gasteiger partial charge in [0, 0.05) is 12.1 Å². The van der Waals surface area contributed by atoms with Gasteiger partial charge >= 0.3 is 0 Å². The van der Waals surface area contributed by atoms with Crippen molar-refractivity contribution >= 4 is 11.6 Å². The molecular weight excluding hydrogens is 364 g/mol. The van der Waals surface area contributed by atoms with E-state index in [1.165, 1.54) is 5.56 Å². The lowest BCUT2D eigenvalue weighted by molar-refractivity contribution is -0.117. The van der Waals surface area contributed by atoms with E-state index in [1.807, 2.05) is 66.9 Å². The number of nitrogens with zero attached hydrogens (tertiary/aromatic N) is 3. The average Bonchev–Trinajstić information content (AvgIpc) is 2.97. The van der Waals surface area contributed by atoms with Crippen LogP contribution in [0, 0.1) is 20.8 Å². The van der Waals surface area contributed by atoms with Crippen molar-refractivity contribution in [2.75, 3.05) is 26.0 Å². The second-order valence-corrected chi connectivity index (χ2v) is 7.33. The number of rotatable bonds is 7. The summed E-state index contributed by atoms with van der Waals surface area (Å²) in [4.78, 5) is 14.6. The summed E-state index contributed by atoms with van der Waals surface area (Å²) in [5.41, 5.74) is 5.69. The molecular formula is C23H28N4O2. The molecule has 1 heterocycles. The molecule has 0 aliphatic carbocycles. The topological polar surface area (TPSA) is 59.4 Å². The molecule has 0 atom stereocenters. The molecule has 1 aromatic heterocycles. The zero-order chi connectivity index (χ0) is 21.0. The maximum atomic E-state index is 12.6. The van der Waals surface area contributed by atoms with Crippen LogP contribution in [0.3, 0.4) is 0 Å². The highest BCUT2D eigenvalue weighted by atomic mass is 16.5. The Balaban J connectivity index is 1.68. The number of amides is 1. The maximum absolute atomic E-state index is 12.6. The lowest BCUT2D eigenvalue weighted by Gasteiger charge is -2.18. The Morgan fingerprint density at radius 3 is 2.48 bits per heavy atom. The van der Waals surface area contributed by atoms with Crippen molar-refractivity contribution in [3.8, 4) is 11.4 Å². The fraction of sp³-hybridized carbons (Fsp3) is 0.304. The van der Waals surface area contributed by atoms with Crippen LogP contribution in [-0.2, 0) is 11.3 Å². The van der Waals surface area contributed by atoms with E-state index in [-0.39, 0.29) is 12.5 Å². The summed E-state index contributed by atoms with van der Waals surface area (Å²) < 4.78 is 7.26. The van der Waals surface area contributed by atoms with Gasteiger partial charge in [-0.1, -0.05) is 35.9 Å². The summed E-state index contributed by atoms with van der Waals surface area (Å²) in [6, 6.07) is 16.0. The fourth-order valence-corrected chi connectivity index (χ4v) is 3.37. The van der Waals surface area contributed by atoms with E-state index in [4.69, 9.17) is 4.74 Å². The van der Waals surface area contributed by atoms with Crippen molar-refractivity contribution in [1.29, 1.82) is 0 Å². The minimum atomic E-state index is -0.0722. The second kappa shape index (κ2) is 8.92. The van der Waals surface area contributed by atoms with Gasteiger partial charge in [-0.05, 0) is 46.0 Å². The summed E-state index contributed by atoms with van der Waals surface area (Å²) in [5, 5.41) is 7.63. The number of carbonyl (C=O) groups excluding carboxylic acids is 1. The molecule has 0 saturated heterocycles. The second-order valence-electron chi connectivity index (χ2n) is 7.33. The van der Waals surface area contributed by atoms with Crippen molar-refractivity contribution in [3.63, 3.8) is 0 Å². The van der Waals surface area contributed by atoms with E-state index in [0.29, 0.717) is 6.54 Å². The molecule has 0 saturated carbocycles. The largest absolute Gasteiger partial charge is 0.496 e. The van der Waals surface area contributed by atoms with Crippen molar-refractivity contribution in [1.82, 2.24) is 14.7 Å². The van der Waals surface area contributed by atoms with Crippen LogP contribution in [0.2, 0.25) is 0 Å². The van der Waals surface area contributed by atoms with Crippen molar-refractivity contribution in [2.24, 2.45) is 0 Å². The molecule has 0 aliphatic rings. The van der Waals surface area contributed by atoms with E-state index < -0.39 is 0 Å². The number of benzene rings is 2. The minimum Gasteiger partial charge on any atom is -0.496 e. The van der Waals surface area contributed by atoms with Crippen LogP contribution >= 0.6 is 0 Å². The first-order chi connectivity index (χ1) is 13.9. The molecule has 152 valence electrons. The Hall–Kier alpha value is -3.12. The molecule has 3 aromatic rings. The summed E-state index contributed by atoms with van der Waals surface area (Å²) in [6.07, 6.45) is 0. The number of anilines is 1. The fourth-order valence-electron chi connectivity index (χ4n) is 3.37. The van der Waals surface area contributed by atoms with Gasteiger partial charge in [-0.25, -0.2) is 4.68 Å². The number of aromatic nitrogens is 2. The molecule has 0 unspecified atom stereocenters. The number of hydrogen-bond donors (Lipinski definition) is 1. The Morgan fingerprint density at radius 1 is 1.10 bits per heavy atom. The third-order valence-corrected chi connectivity index (χ3v) is 4.88. The molecule has 3 rings (SSSR count). The highest BCUT2D eigenvalue weighted by molar-refractivity contribution is 5.93. The van der Waals surface area contributed by atoms with E-state index >= 15 is 0 Å². The number of methoxy groups -OCH3 is 1. The third kappa shape index (κ3) is 4.84. The number of ether oxygens (including phenoxy) is 1. The van der Waals surface area contributed by atoms with Crippen molar-refractivity contribution in [2.45, 2.75) is 27.3 Å². The monoisotopic (exact) mass is 392 g/mol. The molecule has 1 N–H and O–H groups in total. The maximum Gasteiger partial charge on any atom is 0.238 e. The molecule has 0 radical (unpaired) electrons. The lowest BCUT2D eigenvalue weighted by atomic mass is 10.2. The van der Waals surface area contributed by atoms with E-state index in [2.05, 4.69) is 29.5 Å². The molecule has 29 heavy (non-hydrogen) atoms. The molecule has 1 amide bonds. The standard InChI is InChI=1S/C23H28N4O2/c1-16-10-12-20(13-11-16)27-18(3)23(17(2)25-27)24-22(28)15-26(4)14-19-8-6-7-9-21(19)29-5/h6-13H,14-15H2,1-5H3,(H,24,28). The Bertz CT molecular complexity index is 993. The highest BCUT2D eigenvalue weighted by Crippen LogP contribution is 2.23. The molecule has 6 heteroatoms. The van der Waals surface area contributed by atoms with Crippen LogP contribution in [0.5, 0.6) is 5.75 Å². The first-order valence-corrected chi connectivity index (χ1v) is 9.62. The number of likely N-dealkylation sites (N-methyl/N-ethyl adjacent to an activating group) is 1. The first-order valence-electron chi connectivity index (χ1n) is 9.62. The number of para-hydroxylation sites is 1. The first kappa shape index (κ1) is 20.6. The Morgan fingerprint density at radius 2 is 1.79 bits per heavy atom. The Labute approximate surface area is 172 Å². The lowest BCUT2D eigenvalue weighted by Crippen LogP contribution is -2.30. The van der Waals surface area contributed by atoms with Gasteiger partial charge in [-0.2, -0.15) is 5.10 Å². The number of carbonyl (C=O) groups is 1. The van der Waals surface area contributed by atoms with E-state index in [0.717, 1.165) is 34.1 Å². The van der Waals surface area contributed by atoms with Gasteiger partial charge in [-0.3, -0.25) is 9.69 Å². The molecule has 0 bridgehead atoms. The molecule has 2 aromatic carbocycles. The van der Waals surface area contributed by atoms with Crippen molar-refractivity contribution in [3.05, 3.63) is 71.0 Å². The summed E-state index contributed by atoms with van der Waals surface area (Å²) in [6.45, 7) is 6.82. The molecule has 0 spiro atoms. The number of aryl methyl sites for hydroxylation is 2. The summed E-state index contributed by atoms with van der Waals surface area (Å²) in [5.74, 6) is 0.753. The van der Waals surface area contributed by atoms with Gasteiger partial charge < -0.3 is 10.1 Å². The van der Waals surface area contributed by atoms with E-state index in [1.54, 1.807) is 7.11 Å². The molecule has 6 nitrogen and oxygen atoms in total. The van der Waals surface area contributed by atoms with Crippen LogP contribution in [0.4, 0.5) is 5.69 Å². The van der Waals surface area contributed by atoms with Gasteiger partial charge in [0.25, 0.3) is 0 Å². The zero-order valence-corrected chi connectivity index (χ0v) is 17.7. The van der Waals surface area contributed by atoms with Gasteiger partial charge in [0.05, 0.1) is 36.4 Å². The quantitative estimate of drug-likeness (QED) is 0.663. The number of hydrogen-bond acceptors (Lipinski definition) is 4. The average molecular weight is 393 g/mol. The van der Waals surface area contributed by atoms with E-state index in [9.17, 15) is 4.79 Å². The van der Waals surface area contributed by atoms with Gasteiger partial charge in [0.1, 0.15) is 5.75 Å². The van der Waals surface area contributed by atoms with Gasteiger partial charge in [-0.15, -0.1) is 0 Å². The van der Waals surface area contributed by atoms with Gasteiger partial charge in [0.2, 0.25) is 5.91 Å². The van der Waals surface area contributed by atoms with Crippen LogP contribution in [-0.4, -0.2) is 41.3 Å². The third-order valence-electron chi connectivity index (χ3n) is 4.88. The van der Waals surface area contributed by atoms with Crippen LogP contribution in [0.15, 0.2) is 48.5 Å². The summed E-state index contributed by atoms with van der Waals surface area (Å²) in [7, 11) is 3.57. The van der Waals surface area contributed by atoms with Crippen molar-refractivity contribution < 1.29 is 9.53 Å². The van der Waals surface area contributed by atoms with Gasteiger partial charge in [0.15, 0.2) is 0 Å². The smallest absolute Gasteiger partial charge is 0.238 e. The number of nitrogens with one attached hydrogen (secondary N) is 1. The molecule has 0 fully saturated rings. The normalized spacial score (nSPS) is 11.0. The predicted octanol–water partition coefficient (Wildman–Crippen LogP) is 3.88. The van der Waals surface area contributed by atoms with Crippen LogP contribution in [0.1, 0.15) is 22.5 Å².